The predicted molar refractivity (Wildman–Crippen MR) is 102 cm³/mol. The summed E-state index contributed by atoms with van der Waals surface area (Å²) in [5.41, 5.74) is 3.51. The Morgan fingerprint density at radius 1 is 1.15 bits per heavy atom. The van der Waals surface area contributed by atoms with Gasteiger partial charge in [-0.3, -0.25) is 24.5 Å². The summed E-state index contributed by atoms with van der Waals surface area (Å²) in [6.45, 7) is 1.85. The molecule has 1 amide bonds. The Labute approximate surface area is 157 Å². The molecule has 1 N–H and O–H groups in total. The number of pyridine rings is 2. The van der Waals surface area contributed by atoms with Crippen LogP contribution in [0.4, 0.5) is 5.69 Å². The number of nitrogens with one attached hydrogen (secondary N) is 1. The largest absolute Gasteiger partial charge is 0.324 e. The maximum Gasteiger partial charge on any atom is 0.234 e. The first-order chi connectivity index (χ1) is 13.1. The Hall–Kier alpha value is -3.15. The van der Waals surface area contributed by atoms with Crippen molar-refractivity contribution in [2.45, 2.75) is 32.1 Å². The summed E-state index contributed by atoms with van der Waals surface area (Å²) in [6, 6.07) is 9.13. The normalized spacial score (nSPS) is 22.1. The molecular formula is C21H20N4O2. The second-order valence-electron chi connectivity index (χ2n) is 6.83. The number of rotatable bonds is 3. The topological polar surface area (TPSA) is 84.3 Å². The van der Waals surface area contributed by atoms with Crippen LogP contribution in [0.1, 0.15) is 37.8 Å². The fraction of sp³-hybridized carbons (Fsp3) is 0.286. The maximum atomic E-state index is 13.2. The number of carbonyl (C=O) groups excluding carboxylic acids is 2. The van der Waals surface area contributed by atoms with E-state index in [2.05, 4.69) is 20.3 Å². The third-order valence-electron chi connectivity index (χ3n) is 5.05. The zero-order valence-electron chi connectivity index (χ0n) is 15.1. The van der Waals surface area contributed by atoms with Crippen molar-refractivity contribution in [3.63, 3.8) is 0 Å². The number of Topliss-reactive ketones (excluding diaryl/α,β-unsaturated/α-hetero) is 1. The van der Waals surface area contributed by atoms with Crippen LogP contribution in [0.3, 0.4) is 0 Å². The van der Waals surface area contributed by atoms with E-state index < -0.39 is 11.8 Å². The molecule has 1 aliphatic heterocycles. The summed E-state index contributed by atoms with van der Waals surface area (Å²) in [6.07, 6.45) is 7.00. The van der Waals surface area contributed by atoms with E-state index in [1.165, 1.54) is 0 Å². The Balaban J connectivity index is 1.77. The molecule has 0 aromatic carbocycles. The van der Waals surface area contributed by atoms with E-state index in [1.807, 2.05) is 25.1 Å². The van der Waals surface area contributed by atoms with Gasteiger partial charge in [0.15, 0.2) is 5.78 Å². The van der Waals surface area contributed by atoms with Gasteiger partial charge in [-0.2, -0.15) is 0 Å². The van der Waals surface area contributed by atoms with Gasteiger partial charge in [0.2, 0.25) is 5.91 Å². The lowest BCUT2D eigenvalue weighted by Crippen LogP contribution is -2.39. The number of amides is 1. The molecule has 27 heavy (non-hydrogen) atoms. The first-order valence-electron chi connectivity index (χ1n) is 9.08. The molecule has 3 heterocycles. The fourth-order valence-electron chi connectivity index (χ4n) is 3.88. The lowest BCUT2D eigenvalue weighted by atomic mass is 9.73. The molecule has 0 spiro atoms. The van der Waals surface area contributed by atoms with Crippen molar-refractivity contribution in [1.82, 2.24) is 9.97 Å². The van der Waals surface area contributed by atoms with Crippen LogP contribution in [-0.4, -0.2) is 27.4 Å². The van der Waals surface area contributed by atoms with Crippen molar-refractivity contribution >= 4 is 23.1 Å². The van der Waals surface area contributed by atoms with Crippen LogP contribution < -0.4 is 5.32 Å². The smallest absolute Gasteiger partial charge is 0.234 e. The van der Waals surface area contributed by atoms with E-state index in [-0.39, 0.29) is 11.7 Å². The van der Waals surface area contributed by atoms with Gasteiger partial charge in [-0.25, -0.2) is 0 Å². The number of allylic oxidation sites excluding steroid dienone is 2. The second kappa shape index (κ2) is 7.23. The third kappa shape index (κ3) is 3.30. The summed E-state index contributed by atoms with van der Waals surface area (Å²) >= 11 is 0. The molecule has 2 atom stereocenters. The van der Waals surface area contributed by atoms with Gasteiger partial charge in [-0.05, 0) is 44.0 Å². The number of carbonyl (C=O) groups is 2. The van der Waals surface area contributed by atoms with E-state index in [0.29, 0.717) is 23.4 Å². The lowest BCUT2D eigenvalue weighted by Gasteiger charge is -2.34. The van der Waals surface area contributed by atoms with Crippen LogP contribution in [0.25, 0.3) is 0 Å². The van der Waals surface area contributed by atoms with Crippen LogP contribution >= 0.6 is 0 Å². The van der Waals surface area contributed by atoms with Gasteiger partial charge in [0, 0.05) is 47.4 Å². The highest BCUT2D eigenvalue weighted by Crippen LogP contribution is 2.42. The van der Waals surface area contributed by atoms with Crippen LogP contribution in [0.15, 0.2) is 65.2 Å². The van der Waals surface area contributed by atoms with Gasteiger partial charge in [0.25, 0.3) is 0 Å². The lowest BCUT2D eigenvalue weighted by molar-refractivity contribution is -0.119. The molecule has 2 aliphatic rings. The van der Waals surface area contributed by atoms with Crippen molar-refractivity contribution in [2.24, 2.45) is 10.9 Å². The predicted octanol–water partition coefficient (Wildman–Crippen LogP) is 3.30. The number of aliphatic imine (C=N–C) groups is 1. The van der Waals surface area contributed by atoms with Crippen molar-refractivity contribution in [3.05, 3.63) is 65.9 Å². The summed E-state index contributed by atoms with van der Waals surface area (Å²) < 4.78 is 0. The molecule has 1 aliphatic carbocycles. The number of hydrogen-bond acceptors (Lipinski definition) is 5. The molecule has 1 unspecified atom stereocenters. The highest BCUT2D eigenvalue weighted by atomic mass is 16.2. The minimum atomic E-state index is -0.582. The quantitative estimate of drug-likeness (QED) is 0.910. The Morgan fingerprint density at radius 2 is 2.04 bits per heavy atom. The Kier molecular flexibility index (Phi) is 4.62. The summed E-state index contributed by atoms with van der Waals surface area (Å²) in [5, 5.41) is 2.91. The summed E-state index contributed by atoms with van der Waals surface area (Å²) in [4.78, 5) is 39.1. The highest BCUT2D eigenvalue weighted by molar-refractivity contribution is 6.13. The molecule has 6 heteroatoms. The van der Waals surface area contributed by atoms with Crippen molar-refractivity contribution in [1.29, 1.82) is 0 Å². The zero-order chi connectivity index (χ0) is 18.8. The zero-order valence-corrected chi connectivity index (χ0v) is 15.1. The average molecular weight is 360 g/mol. The van der Waals surface area contributed by atoms with E-state index in [0.717, 1.165) is 24.2 Å². The van der Waals surface area contributed by atoms with E-state index in [4.69, 9.17) is 0 Å². The summed E-state index contributed by atoms with van der Waals surface area (Å²) in [7, 11) is 0. The van der Waals surface area contributed by atoms with E-state index in [9.17, 15) is 9.59 Å². The maximum absolute atomic E-state index is 13.2. The average Bonchev–Trinajstić information content (AvgIpc) is 2.68. The van der Waals surface area contributed by atoms with Crippen LogP contribution in [0.2, 0.25) is 0 Å². The summed E-state index contributed by atoms with van der Waals surface area (Å²) in [5.74, 6) is -1.13. The number of ketones is 1. The number of anilines is 1. The number of nitrogens with zero attached hydrogens (tertiary/aromatic N) is 3. The number of hydrogen-bond donors (Lipinski definition) is 1. The Morgan fingerprint density at radius 3 is 2.78 bits per heavy atom. The molecule has 2 aromatic heterocycles. The highest BCUT2D eigenvalue weighted by Gasteiger charge is 2.42. The van der Waals surface area contributed by atoms with Crippen molar-refractivity contribution in [2.75, 3.05) is 5.32 Å². The second-order valence-corrected chi connectivity index (χ2v) is 6.83. The minimum absolute atomic E-state index is 0.0716. The molecule has 0 bridgehead atoms. The van der Waals surface area contributed by atoms with Gasteiger partial charge in [0.05, 0.1) is 17.8 Å². The van der Waals surface area contributed by atoms with Crippen LogP contribution in [0.5, 0.6) is 0 Å². The molecule has 4 rings (SSSR count). The van der Waals surface area contributed by atoms with Crippen LogP contribution in [0, 0.1) is 5.92 Å². The molecular weight excluding hydrogens is 340 g/mol. The minimum Gasteiger partial charge on any atom is -0.324 e. The monoisotopic (exact) mass is 360 g/mol. The van der Waals surface area contributed by atoms with Gasteiger partial charge >= 0.3 is 0 Å². The molecule has 0 saturated heterocycles. The molecule has 0 radical (unpaired) electrons. The SMILES string of the molecule is CC1=NC2=C(C(=O)CCC2)[C@@H](c2ccccn2)C1C(=O)Nc1cccnc1. The Bertz CT molecular complexity index is 935. The van der Waals surface area contributed by atoms with Crippen molar-refractivity contribution in [3.8, 4) is 0 Å². The van der Waals surface area contributed by atoms with E-state index >= 15 is 0 Å². The molecule has 2 aromatic rings. The molecule has 6 nitrogen and oxygen atoms in total. The molecule has 0 fully saturated rings. The van der Waals surface area contributed by atoms with E-state index in [1.54, 1.807) is 30.7 Å². The molecule has 0 saturated carbocycles. The standard InChI is InChI=1S/C21H20N4O2/c1-13-18(21(27)25-14-6-5-10-22-12-14)20(15-7-2-3-11-23-15)19-16(24-13)8-4-9-17(19)26/h2-3,5-7,10-12,18,20H,4,8-9H2,1H3,(H,25,27)/t18?,20-/m0/s1. The van der Waals surface area contributed by atoms with Gasteiger partial charge in [-0.1, -0.05) is 6.07 Å². The number of aromatic nitrogens is 2. The van der Waals surface area contributed by atoms with Crippen molar-refractivity contribution < 1.29 is 9.59 Å². The first kappa shape index (κ1) is 17.3. The third-order valence-corrected chi connectivity index (χ3v) is 5.05. The van der Waals surface area contributed by atoms with Gasteiger partial charge in [-0.15, -0.1) is 0 Å². The van der Waals surface area contributed by atoms with Gasteiger partial charge < -0.3 is 5.32 Å². The fourth-order valence-corrected chi connectivity index (χ4v) is 3.88. The molecule has 136 valence electrons. The first-order valence-corrected chi connectivity index (χ1v) is 9.08. The van der Waals surface area contributed by atoms with Gasteiger partial charge in [0.1, 0.15) is 0 Å². The van der Waals surface area contributed by atoms with Crippen LogP contribution in [-0.2, 0) is 9.59 Å².